The van der Waals surface area contributed by atoms with Crippen LogP contribution in [0.1, 0.15) is 42.5 Å². The van der Waals surface area contributed by atoms with Crippen molar-refractivity contribution in [2.45, 2.75) is 50.4 Å². The summed E-state index contributed by atoms with van der Waals surface area (Å²) in [6.07, 6.45) is 0.500. The number of ether oxygens (including phenoxy) is 1. The molecule has 11 heteroatoms. The van der Waals surface area contributed by atoms with Crippen molar-refractivity contribution >= 4 is 11.9 Å². The van der Waals surface area contributed by atoms with E-state index in [0.29, 0.717) is 44.6 Å². The van der Waals surface area contributed by atoms with Gasteiger partial charge in [-0.05, 0) is 49.7 Å². The van der Waals surface area contributed by atoms with Gasteiger partial charge in [-0.25, -0.2) is 4.79 Å². The first-order chi connectivity index (χ1) is 16.2. The number of rotatable bonds is 2. The number of nitrogens with one attached hydrogen (secondary N) is 1. The molecule has 1 spiro atoms. The molecule has 3 saturated heterocycles. The third-order valence-corrected chi connectivity index (χ3v) is 7.63. The highest BCUT2D eigenvalue weighted by Crippen LogP contribution is 2.49. The monoisotopic (exact) mass is 477 g/mol. The average Bonchev–Trinajstić information content (AvgIpc) is 3.21. The molecule has 34 heavy (non-hydrogen) atoms. The van der Waals surface area contributed by atoms with Crippen molar-refractivity contribution in [1.29, 1.82) is 5.26 Å². The molecule has 1 aromatic heterocycles. The number of halogens is 3. The van der Waals surface area contributed by atoms with E-state index in [4.69, 9.17) is 4.74 Å². The lowest BCUT2D eigenvalue weighted by molar-refractivity contribution is -0.141. The molecule has 0 radical (unpaired) electrons. The Balaban J connectivity index is 1.15. The highest BCUT2D eigenvalue weighted by Gasteiger charge is 2.51. The Labute approximate surface area is 195 Å². The van der Waals surface area contributed by atoms with E-state index in [-0.39, 0.29) is 47.6 Å². The van der Waals surface area contributed by atoms with Crippen molar-refractivity contribution in [2.75, 3.05) is 32.8 Å². The first-order valence-electron chi connectivity index (χ1n) is 11.6. The fourth-order valence-electron chi connectivity index (χ4n) is 5.98. The van der Waals surface area contributed by atoms with Gasteiger partial charge in [-0.15, -0.1) is 0 Å². The minimum atomic E-state index is -4.58. The molecule has 3 aliphatic heterocycles. The molecule has 1 N–H and O–H groups in total. The molecule has 3 atom stereocenters. The second kappa shape index (κ2) is 8.41. The maximum atomic E-state index is 13.0. The fraction of sp³-hybridized carbons (Fsp3) is 0.652. The molecule has 182 valence electrons. The van der Waals surface area contributed by atoms with Crippen LogP contribution in [0, 0.1) is 22.7 Å². The number of carbonyl (C=O) groups excluding carboxylic acids is 2. The summed E-state index contributed by atoms with van der Waals surface area (Å²) in [4.78, 5) is 31.8. The number of fused-ring (bicyclic) bond motifs is 1. The van der Waals surface area contributed by atoms with Crippen molar-refractivity contribution in [1.82, 2.24) is 20.1 Å². The summed E-state index contributed by atoms with van der Waals surface area (Å²) in [7, 11) is 0. The molecule has 1 saturated carbocycles. The fourth-order valence-corrected chi connectivity index (χ4v) is 5.98. The zero-order valence-electron chi connectivity index (χ0n) is 18.6. The zero-order chi connectivity index (χ0) is 24.1. The maximum Gasteiger partial charge on any atom is 0.433 e. The number of carbonyl (C=O) groups is 2. The SMILES string of the molecule is N#Cc1cc(C(F)(F)F)ncc1C[C@@H]1CCC2(C1)CN(C(=O)N1CC[C@@H]3OCC(=O)N[C@@H]3C1)C2. The van der Waals surface area contributed by atoms with Crippen molar-refractivity contribution < 1.29 is 27.5 Å². The summed E-state index contributed by atoms with van der Waals surface area (Å²) < 4.78 is 44.3. The van der Waals surface area contributed by atoms with Gasteiger partial charge in [-0.3, -0.25) is 9.78 Å². The smallest absolute Gasteiger partial charge is 0.366 e. The van der Waals surface area contributed by atoms with Crippen LogP contribution in [0.5, 0.6) is 0 Å². The topological polar surface area (TPSA) is 98.6 Å². The van der Waals surface area contributed by atoms with E-state index in [1.807, 2.05) is 11.0 Å². The summed E-state index contributed by atoms with van der Waals surface area (Å²) in [5.41, 5.74) is -0.444. The third-order valence-electron chi connectivity index (χ3n) is 7.63. The predicted molar refractivity (Wildman–Crippen MR) is 112 cm³/mol. The Kier molecular flexibility index (Phi) is 5.67. The van der Waals surface area contributed by atoms with Crippen LogP contribution < -0.4 is 5.32 Å². The Morgan fingerprint density at radius 3 is 2.85 bits per heavy atom. The molecule has 0 bridgehead atoms. The molecule has 4 fully saturated rings. The molecule has 4 heterocycles. The highest BCUT2D eigenvalue weighted by molar-refractivity contribution is 5.79. The van der Waals surface area contributed by atoms with Crippen LogP contribution in [0.25, 0.3) is 0 Å². The number of likely N-dealkylation sites (tertiary alicyclic amines) is 2. The Morgan fingerprint density at radius 2 is 2.12 bits per heavy atom. The van der Waals surface area contributed by atoms with Gasteiger partial charge in [0.15, 0.2) is 0 Å². The average molecular weight is 477 g/mol. The number of amides is 3. The van der Waals surface area contributed by atoms with Crippen molar-refractivity contribution in [2.24, 2.45) is 11.3 Å². The van der Waals surface area contributed by atoms with Gasteiger partial charge in [-0.1, -0.05) is 0 Å². The van der Waals surface area contributed by atoms with E-state index >= 15 is 0 Å². The van der Waals surface area contributed by atoms with Crippen LogP contribution in [0.15, 0.2) is 12.3 Å². The molecule has 8 nitrogen and oxygen atoms in total. The van der Waals surface area contributed by atoms with Gasteiger partial charge >= 0.3 is 12.2 Å². The molecule has 5 rings (SSSR count). The van der Waals surface area contributed by atoms with Crippen molar-refractivity contribution in [3.63, 3.8) is 0 Å². The normalized spacial score (nSPS) is 28.2. The summed E-state index contributed by atoms with van der Waals surface area (Å²) in [5, 5.41) is 12.2. The summed E-state index contributed by atoms with van der Waals surface area (Å²) >= 11 is 0. The highest BCUT2D eigenvalue weighted by atomic mass is 19.4. The lowest BCUT2D eigenvalue weighted by Gasteiger charge is -2.51. The van der Waals surface area contributed by atoms with E-state index in [2.05, 4.69) is 10.3 Å². The summed E-state index contributed by atoms with van der Waals surface area (Å²) in [6, 6.07) is 2.51. The number of nitriles is 1. The third kappa shape index (κ3) is 4.31. The Morgan fingerprint density at radius 1 is 1.32 bits per heavy atom. The van der Waals surface area contributed by atoms with E-state index < -0.39 is 11.9 Å². The van der Waals surface area contributed by atoms with Crippen LogP contribution >= 0.6 is 0 Å². The van der Waals surface area contributed by atoms with Gasteiger partial charge in [0.2, 0.25) is 5.91 Å². The van der Waals surface area contributed by atoms with E-state index in [1.54, 1.807) is 4.90 Å². The number of piperidine rings is 1. The zero-order valence-corrected chi connectivity index (χ0v) is 18.6. The number of urea groups is 1. The lowest BCUT2D eigenvalue weighted by Crippen LogP contribution is -2.65. The van der Waals surface area contributed by atoms with Crippen LogP contribution in [-0.4, -0.2) is 71.7 Å². The van der Waals surface area contributed by atoms with Crippen LogP contribution in [-0.2, 0) is 22.1 Å². The van der Waals surface area contributed by atoms with Gasteiger partial charge in [-0.2, -0.15) is 18.4 Å². The standard InChI is InChI=1S/C23H26F3N5O3/c24-23(25,26)19-6-15(8-27)16(9-28-19)5-14-1-3-22(7-14)12-31(13-22)21(33)30-4-2-18-17(10-30)29-20(32)11-34-18/h6,9,14,17-18H,1-5,7,10-13H2,(H,29,32)/t14-,17+,18-/m0/s1. The van der Waals surface area contributed by atoms with Gasteiger partial charge < -0.3 is 19.9 Å². The molecule has 0 unspecified atom stereocenters. The minimum Gasteiger partial charge on any atom is -0.366 e. The molecular formula is C23H26F3N5O3. The number of hydrogen-bond acceptors (Lipinski definition) is 5. The number of hydrogen-bond donors (Lipinski definition) is 1. The minimum absolute atomic E-state index is 0.0222. The first kappa shape index (κ1) is 22.9. The van der Waals surface area contributed by atoms with Gasteiger partial charge in [0.25, 0.3) is 0 Å². The largest absolute Gasteiger partial charge is 0.433 e. The molecule has 1 aliphatic carbocycles. The number of nitrogens with zero attached hydrogens (tertiary/aromatic N) is 4. The number of alkyl halides is 3. The van der Waals surface area contributed by atoms with Crippen LogP contribution in [0.4, 0.5) is 18.0 Å². The van der Waals surface area contributed by atoms with Gasteiger partial charge in [0, 0.05) is 37.8 Å². The van der Waals surface area contributed by atoms with Crippen LogP contribution in [0.2, 0.25) is 0 Å². The van der Waals surface area contributed by atoms with Gasteiger partial charge in [0.1, 0.15) is 12.3 Å². The molecule has 4 aliphatic rings. The Hall–Kier alpha value is -2.87. The quantitative estimate of drug-likeness (QED) is 0.705. The number of morpholine rings is 1. The van der Waals surface area contributed by atoms with Crippen molar-refractivity contribution in [3.8, 4) is 6.07 Å². The van der Waals surface area contributed by atoms with Crippen molar-refractivity contribution in [3.05, 3.63) is 29.1 Å². The number of pyridine rings is 1. The maximum absolute atomic E-state index is 13.0. The van der Waals surface area contributed by atoms with E-state index in [1.165, 1.54) is 6.20 Å². The summed E-state index contributed by atoms with van der Waals surface area (Å²) in [6.45, 7) is 2.43. The van der Waals surface area contributed by atoms with Gasteiger partial charge in [0.05, 0.1) is 23.8 Å². The summed E-state index contributed by atoms with van der Waals surface area (Å²) in [5.74, 6) is 0.0893. The molecule has 1 aromatic rings. The Bertz CT molecular complexity index is 1030. The van der Waals surface area contributed by atoms with E-state index in [9.17, 15) is 28.0 Å². The predicted octanol–water partition coefficient (Wildman–Crippen LogP) is 2.33. The second-order valence-electron chi connectivity index (χ2n) is 10.0. The second-order valence-corrected chi connectivity index (χ2v) is 10.0. The van der Waals surface area contributed by atoms with E-state index in [0.717, 1.165) is 25.3 Å². The molecule has 3 amide bonds. The molecular weight excluding hydrogens is 451 g/mol. The first-order valence-corrected chi connectivity index (χ1v) is 11.6. The van der Waals surface area contributed by atoms with Crippen LogP contribution in [0.3, 0.4) is 0 Å². The number of aromatic nitrogens is 1. The molecule has 0 aromatic carbocycles. The lowest BCUT2D eigenvalue weighted by atomic mass is 9.77.